The van der Waals surface area contributed by atoms with E-state index in [-0.39, 0.29) is 33.8 Å². The number of halogens is 2. The van der Waals surface area contributed by atoms with Crippen molar-refractivity contribution >= 4 is 65.0 Å². The van der Waals surface area contributed by atoms with Gasteiger partial charge in [-0.1, -0.05) is 47.5 Å². The van der Waals surface area contributed by atoms with E-state index in [2.05, 4.69) is 17.9 Å². The zero-order valence-corrected chi connectivity index (χ0v) is 18.2. The van der Waals surface area contributed by atoms with Gasteiger partial charge in [0.1, 0.15) is 6.04 Å². The van der Waals surface area contributed by atoms with Crippen LogP contribution in [0.5, 0.6) is 0 Å². The van der Waals surface area contributed by atoms with Crippen LogP contribution in [0.1, 0.15) is 12.5 Å². The summed E-state index contributed by atoms with van der Waals surface area (Å²) >= 11 is 17.0. The molecule has 0 aromatic heterocycles. The number of thiol groups is 1. The Kier molecular flexibility index (Phi) is 8.37. The Bertz CT molecular complexity index is 903. The predicted octanol–water partition coefficient (Wildman–Crippen LogP) is 3.81. The molecule has 0 aliphatic carbocycles. The summed E-state index contributed by atoms with van der Waals surface area (Å²) in [6.07, 6.45) is -0.0653. The van der Waals surface area contributed by atoms with E-state index in [0.717, 1.165) is 0 Å². The maximum Gasteiger partial charge on any atom is 0.310 e. The molecule has 6 nitrogen and oxygen atoms in total. The Morgan fingerprint density at radius 2 is 1.72 bits per heavy atom. The number of hydrogen-bond donors (Lipinski definition) is 2. The van der Waals surface area contributed by atoms with Crippen LogP contribution in [-0.2, 0) is 25.5 Å². The van der Waals surface area contributed by atoms with Crippen LogP contribution in [0.25, 0.3) is 0 Å². The van der Waals surface area contributed by atoms with Crippen LogP contribution in [0, 0.1) is 0 Å². The van der Waals surface area contributed by atoms with Gasteiger partial charge >= 0.3 is 5.97 Å². The van der Waals surface area contributed by atoms with E-state index in [0.29, 0.717) is 11.3 Å². The molecule has 0 unspecified atom stereocenters. The van der Waals surface area contributed by atoms with Gasteiger partial charge in [0.15, 0.2) is 0 Å². The van der Waals surface area contributed by atoms with Crippen LogP contribution < -0.4 is 10.2 Å². The molecule has 154 valence electrons. The summed E-state index contributed by atoms with van der Waals surface area (Å²) in [5.41, 5.74) is 1.18. The fourth-order valence-corrected chi connectivity index (χ4v) is 3.56. The van der Waals surface area contributed by atoms with Gasteiger partial charge in [0.25, 0.3) is 5.91 Å². The van der Waals surface area contributed by atoms with Crippen molar-refractivity contribution in [2.75, 3.05) is 17.8 Å². The molecular weight excluding hydrogens is 435 g/mol. The lowest BCUT2D eigenvalue weighted by molar-refractivity contribution is -0.139. The first kappa shape index (κ1) is 23.1. The highest BCUT2D eigenvalue weighted by molar-refractivity contribution is 7.80. The van der Waals surface area contributed by atoms with E-state index in [1.165, 1.54) is 18.9 Å². The van der Waals surface area contributed by atoms with Crippen LogP contribution in [0.15, 0.2) is 42.5 Å². The average Bonchev–Trinajstić information content (AvgIpc) is 2.69. The van der Waals surface area contributed by atoms with E-state index in [1.54, 1.807) is 42.5 Å². The monoisotopic (exact) mass is 454 g/mol. The minimum atomic E-state index is -0.936. The Hall–Kier alpha value is -2.22. The summed E-state index contributed by atoms with van der Waals surface area (Å²) in [6.45, 7) is 1.31. The summed E-state index contributed by atoms with van der Waals surface area (Å²) < 4.78 is 4.76. The number of amides is 2. The van der Waals surface area contributed by atoms with Gasteiger partial charge in [0.2, 0.25) is 5.91 Å². The van der Waals surface area contributed by atoms with Crippen molar-refractivity contribution in [3.8, 4) is 0 Å². The number of hydrogen-bond acceptors (Lipinski definition) is 5. The highest BCUT2D eigenvalue weighted by atomic mass is 35.5. The molecule has 2 amide bonds. The van der Waals surface area contributed by atoms with Gasteiger partial charge in [0, 0.05) is 12.7 Å². The van der Waals surface area contributed by atoms with Crippen LogP contribution >= 0.6 is 35.8 Å². The third-order valence-electron chi connectivity index (χ3n) is 4.03. The van der Waals surface area contributed by atoms with Crippen molar-refractivity contribution in [3.63, 3.8) is 0 Å². The topological polar surface area (TPSA) is 75.7 Å². The molecule has 29 heavy (non-hydrogen) atoms. The fraction of sp³-hybridized carbons (Fsp3) is 0.250. The molecule has 0 heterocycles. The Morgan fingerprint density at radius 1 is 1.10 bits per heavy atom. The van der Waals surface area contributed by atoms with Gasteiger partial charge in [-0.3, -0.25) is 19.3 Å². The lowest BCUT2D eigenvalue weighted by Crippen LogP contribution is -2.48. The van der Waals surface area contributed by atoms with Crippen molar-refractivity contribution in [1.82, 2.24) is 5.32 Å². The number of esters is 1. The smallest absolute Gasteiger partial charge is 0.310 e. The van der Waals surface area contributed by atoms with Crippen molar-refractivity contribution in [3.05, 3.63) is 58.1 Å². The SMILES string of the molecule is COC(=O)Cc1ccccc1N(C(=O)[C@H](CS)NC(C)=O)c1c(Cl)cccc1Cl. The number of methoxy groups -OCH3 is 1. The first-order valence-corrected chi connectivity index (χ1v) is 9.99. The first-order chi connectivity index (χ1) is 13.8. The Labute approximate surface area is 184 Å². The van der Waals surface area contributed by atoms with Crippen LogP contribution in [0.2, 0.25) is 10.0 Å². The highest BCUT2D eigenvalue weighted by Crippen LogP contribution is 2.40. The molecule has 0 aliphatic heterocycles. The summed E-state index contributed by atoms with van der Waals surface area (Å²) in [5.74, 6) is -1.30. The lowest BCUT2D eigenvalue weighted by atomic mass is 10.1. The molecule has 9 heteroatoms. The molecule has 0 fully saturated rings. The number of para-hydroxylation sites is 2. The minimum absolute atomic E-state index is 0.0517. The molecule has 0 aliphatic rings. The van der Waals surface area contributed by atoms with Gasteiger partial charge in [0.05, 0.1) is 35.0 Å². The molecule has 0 saturated heterocycles. The van der Waals surface area contributed by atoms with Crippen molar-refractivity contribution in [1.29, 1.82) is 0 Å². The number of rotatable bonds is 7. The van der Waals surface area contributed by atoms with E-state index < -0.39 is 17.9 Å². The summed E-state index contributed by atoms with van der Waals surface area (Å²) in [4.78, 5) is 38.2. The van der Waals surface area contributed by atoms with Gasteiger partial charge in [-0.15, -0.1) is 0 Å². The van der Waals surface area contributed by atoms with Crippen molar-refractivity contribution in [2.24, 2.45) is 0 Å². The van der Waals surface area contributed by atoms with E-state index >= 15 is 0 Å². The molecule has 1 atom stereocenters. The number of anilines is 2. The zero-order chi connectivity index (χ0) is 21.6. The third-order valence-corrected chi connectivity index (χ3v) is 5.01. The van der Waals surface area contributed by atoms with E-state index in [1.807, 2.05) is 0 Å². The van der Waals surface area contributed by atoms with Crippen LogP contribution in [0.3, 0.4) is 0 Å². The summed E-state index contributed by atoms with van der Waals surface area (Å²) in [7, 11) is 1.28. The lowest BCUT2D eigenvalue weighted by Gasteiger charge is -2.30. The number of nitrogens with one attached hydrogen (secondary N) is 1. The minimum Gasteiger partial charge on any atom is -0.469 e. The number of carbonyl (C=O) groups excluding carboxylic acids is 3. The maximum absolute atomic E-state index is 13.5. The number of ether oxygens (including phenoxy) is 1. The fourth-order valence-electron chi connectivity index (χ4n) is 2.74. The normalized spacial score (nSPS) is 11.5. The second kappa shape index (κ2) is 10.5. The quantitative estimate of drug-likeness (QED) is 0.492. The predicted molar refractivity (Wildman–Crippen MR) is 117 cm³/mol. The molecule has 2 rings (SSSR count). The highest BCUT2D eigenvalue weighted by Gasteiger charge is 2.31. The molecule has 0 spiro atoms. The van der Waals surface area contributed by atoms with Gasteiger partial charge in [-0.2, -0.15) is 12.6 Å². The third kappa shape index (κ3) is 5.65. The molecule has 2 aromatic carbocycles. The number of nitrogens with zero attached hydrogens (tertiary/aromatic N) is 1. The zero-order valence-electron chi connectivity index (χ0n) is 15.8. The molecule has 0 saturated carbocycles. The molecule has 1 N–H and O–H groups in total. The number of benzene rings is 2. The van der Waals surface area contributed by atoms with E-state index in [4.69, 9.17) is 27.9 Å². The molecule has 0 radical (unpaired) electrons. The average molecular weight is 455 g/mol. The molecule has 0 bridgehead atoms. The van der Waals surface area contributed by atoms with Crippen LogP contribution in [0.4, 0.5) is 11.4 Å². The second-order valence-corrected chi connectivity index (χ2v) is 7.24. The van der Waals surface area contributed by atoms with Crippen molar-refractivity contribution in [2.45, 2.75) is 19.4 Å². The Morgan fingerprint density at radius 3 is 2.28 bits per heavy atom. The molecular formula is C20H20Cl2N2O4S. The number of carbonyl (C=O) groups is 3. The Balaban J connectivity index is 2.68. The second-order valence-electron chi connectivity index (χ2n) is 6.06. The van der Waals surface area contributed by atoms with E-state index in [9.17, 15) is 14.4 Å². The maximum atomic E-state index is 13.5. The largest absolute Gasteiger partial charge is 0.469 e. The summed E-state index contributed by atoms with van der Waals surface area (Å²) in [6, 6.07) is 10.7. The standard InChI is InChI=1S/C20H20Cl2N2O4S/c1-12(25)23-16(11-29)20(27)24(19-14(21)7-5-8-15(19)22)17-9-4-3-6-13(17)10-18(26)28-2/h3-9,16,29H,10-11H2,1-2H3,(H,23,25)/t16-/m0/s1. The van der Waals surface area contributed by atoms with Crippen molar-refractivity contribution < 1.29 is 19.1 Å². The van der Waals surface area contributed by atoms with Crippen LogP contribution in [-0.4, -0.2) is 36.7 Å². The van der Waals surface area contributed by atoms with Gasteiger partial charge in [-0.05, 0) is 23.8 Å². The van der Waals surface area contributed by atoms with Gasteiger partial charge < -0.3 is 10.1 Å². The summed E-state index contributed by atoms with van der Waals surface area (Å²) in [5, 5.41) is 3.05. The molecule has 2 aromatic rings. The first-order valence-electron chi connectivity index (χ1n) is 8.60. The van der Waals surface area contributed by atoms with Gasteiger partial charge in [-0.25, -0.2) is 0 Å².